The maximum atomic E-state index is 5.50. The summed E-state index contributed by atoms with van der Waals surface area (Å²) in [6.45, 7) is 7.37. The van der Waals surface area contributed by atoms with Crippen LogP contribution in [-0.2, 0) is 18.9 Å². The number of rotatable bonds is 15. The first-order valence-corrected chi connectivity index (χ1v) is 8.09. The molecule has 0 aliphatic carbocycles. The molecule has 0 saturated heterocycles. The molecular weight excluding hydrogens is 286 g/mol. The fourth-order valence-electron chi connectivity index (χ4n) is 1.78. The second-order valence-corrected chi connectivity index (χ2v) is 5.06. The average molecular weight is 317 g/mol. The molecule has 0 radical (unpaired) electrons. The van der Waals surface area contributed by atoms with Gasteiger partial charge in [0, 0.05) is 32.0 Å². The Bertz CT molecular complexity index is 290. The van der Waals surface area contributed by atoms with E-state index >= 15 is 0 Å². The third-order valence-electron chi connectivity index (χ3n) is 3.02. The van der Waals surface area contributed by atoms with Gasteiger partial charge in [0.25, 0.3) is 0 Å². The molecule has 0 spiro atoms. The highest BCUT2D eigenvalue weighted by atomic mass is 16.6. The molecule has 0 aromatic rings. The summed E-state index contributed by atoms with van der Waals surface area (Å²) < 4.78 is 21.7. The predicted octanol–water partition coefficient (Wildman–Crippen LogP) is 1.04. The zero-order valence-corrected chi connectivity index (χ0v) is 13.9. The minimum atomic E-state index is 0.597. The van der Waals surface area contributed by atoms with Crippen LogP contribution in [0.15, 0.2) is 11.9 Å². The molecule has 1 aliphatic heterocycles. The van der Waals surface area contributed by atoms with Gasteiger partial charge in [0.2, 0.25) is 0 Å². The second kappa shape index (κ2) is 13.8. The average Bonchev–Trinajstić information content (AvgIpc) is 2.93. The van der Waals surface area contributed by atoms with Crippen molar-refractivity contribution in [2.45, 2.75) is 26.2 Å². The number of ether oxygens (including phenoxy) is 4. The molecule has 0 fully saturated rings. The van der Waals surface area contributed by atoms with Crippen LogP contribution in [0.2, 0.25) is 0 Å². The zero-order chi connectivity index (χ0) is 15.9. The van der Waals surface area contributed by atoms with E-state index in [1.807, 2.05) is 18.3 Å². The Morgan fingerprint density at radius 1 is 0.864 bits per heavy atom. The molecule has 1 aliphatic rings. The van der Waals surface area contributed by atoms with E-state index in [4.69, 9.17) is 18.9 Å². The lowest BCUT2D eigenvalue weighted by molar-refractivity contribution is -0.00180. The Labute approximate surface area is 133 Å². The molecule has 130 valence electrons. The van der Waals surface area contributed by atoms with Gasteiger partial charge in [-0.2, -0.15) is 0 Å². The number of nitrogens with one attached hydrogen (secondary N) is 2. The summed E-state index contributed by atoms with van der Waals surface area (Å²) in [5, 5.41) is 1.87. The highest BCUT2D eigenvalue weighted by molar-refractivity contribution is 5.00. The summed E-state index contributed by atoms with van der Waals surface area (Å²) in [5.74, 6) is 0. The van der Waals surface area contributed by atoms with E-state index in [2.05, 4.69) is 17.9 Å². The topological polar surface area (TPSA) is 64.2 Å². The van der Waals surface area contributed by atoms with Gasteiger partial charge in [-0.25, -0.2) is 0 Å². The van der Waals surface area contributed by atoms with E-state index in [0.29, 0.717) is 46.2 Å². The van der Waals surface area contributed by atoms with Gasteiger partial charge >= 0.3 is 0 Å². The molecule has 0 unspecified atom stereocenters. The van der Waals surface area contributed by atoms with Crippen molar-refractivity contribution in [2.24, 2.45) is 0 Å². The third kappa shape index (κ3) is 10.8. The van der Waals surface area contributed by atoms with Crippen molar-refractivity contribution < 1.29 is 18.9 Å². The molecule has 0 atom stereocenters. The van der Waals surface area contributed by atoms with E-state index in [0.717, 1.165) is 25.1 Å². The summed E-state index contributed by atoms with van der Waals surface area (Å²) in [6, 6.07) is 0. The molecule has 0 aromatic heterocycles. The van der Waals surface area contributed by atoms with Gasteiger partial charge in [0.1, 0.15) is 0 Å². The number of unbranched alkanes of at least 4 members (excludes halogenated alkanes) is 1. The van der Waals surface area contributed by atoms with Crippen molar-refractivity contribution in [1.82, 2.24) is 16.0 Å². The van der Waals surface area contributed by atoms with Gasteiger partial charge in [0.15, 0.2) is 0 Å². The predicted molar refractivity (Wildman–Crippen MR) is 84.9 cm³/mol. The van der Waals surface area contributed by atoms with Crippen LogP contribution < -0.4 is 11.0 Å². The summed E-state index contributed by atoms with van der Waals surface area (Å²) in [7, 11) is 1.94. The van der Waals surface area contributed by atoms with Crippen LogP contribution in [0.4, 0.5) is 0 Å². The van der Waals surface area contributed by atoms with Gasteiger partial charge in [-0.3, -0.25) is 5.01 Å². The van der Waals surface area contributed by atoms with E-state index < -0.39 is 0 Å². The Balaban J connectivity index is 1.71. The van der Waals surface area contributed by atoms with Gasteiger partial charge in [-0.05, 0) is 6.42 Å². The van der Waals surface area contributed by atoms with Crippen molar-refractivity contribution in [3.05, 3.63) is 11.9 Å². The van der Waals surface area contributed by atoms with Crippen LogP contribution >= 0.6 is 0 Å². The number of hydrazine groups is 2. The van der Waals surface area contributed by atoms with Crippen molar-refractivity contribution >= 4 is 0 Å². The standard InChI is InChI=1S/C15H31N3O4/c1-3-4-6-19-8-10-21-12-13-22-11-9-20-7-5-15-14-18(2)17-16-15/h14,16-17H,3-13H2,1-2H3. The van der Waals surface area contributed by atoms with E-state index in [-0.39, 0.29) is 0 Å². The van der Waals surface area contributed by atoms with Gasteiger partial charge < -0.3 is 24.4 Å². The lowest BCUT2D eigenvalue weighted by Gasteiger charge is -2.08. The van der Waals surface area contributed by atoms with Crippen molar-refractivity contribution in [1.29, 1.82) is 0 Å². The Hall–Kier alpha value is -0.860. The SMILES string of the molecule is CCCCOCCOCCOCCOCCC1=CN(C)NN1. The Kier molecular flexibility index (Phi) is 12.0. The Morgan fingerprint density at radius 3 is 1.91 bits per heavy atom. The van der Waals surface area contributed by atoms with Gasteiger partial charge in [-0.15, -0.1) is 5.53 Å². The number of hydrogen-bond donors (Lipinski definition) is 2. The molecule has 7 nitrogen and oxygen atoms in total. The lowest BCUT2D eigenvalue weighted by atomic mass is 10.3. The maximum Gasteiger partial charge on any atom is 0.0701 e. The molecule has 1 rings (SSSR count). The summed E-state index contributed by atoms with van der Waals surface area (Å²) in [5.41, 5.74) is 7.13. The van der Waals surface area contributed by atoms with Gasteiger partial charge in [-0.1, -0.05) is 13.3 Å². The van der Waals surface area contributed by atoms with Crippen molar-refractivity contribution in [3.63, 3.8) is 0 Å². The maximum absolute atomic E-state index is 5.50. The molecule has 7 heteroatoms. The first kappa shape index (κ1) is 19.2. The normalized spacial score (nSPS) is 14.3. The minimum absolute atomic E-state index is 0.597. The lowest BCUT2D eigenvalue weighted by Crippen LogP contribution is -2.33. The fourth-order valence-corrected chi connectivity index (χ4v) is 1.78. The molecule has 0 amide bonds. The second-order valence-electron chi connectivity index (χ2n) is 5.06. The quantitative estimate of drug-likeness (QED) is 0.438. The van der Waals surface area contributed by atoms with Crippen LogP contribution in [-0.4, -0.2) is 64.9 Å². The third-order valence-corrected chi connectivity index (χ3v) is 3.02. The van der Waals surface area contributed by atoms with Crippen molar-refractivity contribution in [3.8, 4) is 0 Å². The van der Waals surface area contributed by atoms with Crippen LogP contribution in [0.25, 0.3) is 0 Å². The van der Waals surface area contributed by atoms with E-state index in [1.165, 1.54) is 6.42 Å². The van der Waals surface area contributed by atoms with Gasteiger partial charge in [0.05, 0.1) is 46.2 Å². The van der Waals surface area contributed by atoms with Crippen LogP contribution in [0, 0.1) is 0 Å². The fraction of sp³-hybridized carbons (Fsp3) is 0.867. The smallest absolute Gasteiger partial charge is 0.0701 e. The molecule has 0 aromatic carbocycles. The minimum Gasteiger partial charge on any atom is -0.379 e. The first-order chi connectivity index (χ1) is 10.8. The summed E-state index contributed by atoms with van der Waals surface area (Å²) >= 11 is 0. The molecule has 0 saturated carbocycles. The highest BCUT2D eigenvalue weighted by Crippen LogP contribution is 2.01. The van der Waals surface area contributed by atoms with E-state index in [9.17, 15) is 0 Å². The number of hydrogen-bond acceptors (Lipinski definition) is 7. The van der Waals surface area contributed by atoms with Crippen molar-refractivity contribution in [2.75, 3.05) is 59.9 Å². The molecule has 1 heterocycles. The largest absolute Gasteiger partial charge is 0.379 e. The van der Waals surface area contributed by atoms with E-state index in [1.54, 1.807) is 0 Å². The Morgan fingerprint density at radius 2 is 1.41 bits per heavy atom. The molecule has 0 bridgehead atoms. The summed E-state index contributed by atoms with van der Waals surface area (Å²) in [6.07, 6.45) is 5.14. The van der Waals surface area contributed by atoms with Crippen LogP contribution in [0.3, 0.4) is 0 Å². The number of nitrogens with zero attached hydrogens (tertiary/aromatic N) is 1. The molecule has 22 heavy (non-hydrogen) atoms. The van der Waals surface area contributed by atoms with Crippen LogP contribution in [0.5, 0.6) is 0 Å². The van der Waals surface area contributed by atoms with Crippen LogP contribution in [0.1, 0.15) is 26.2 Å². The molecular formula is C15H31N3O4. The first-order valence-electron chi connectivity index (χ1n) is 8.09. The zero-order valence-electron chi connectivity index (χ0n) is 13.9. The monoisotopic (exact) mass is 317 g/mol. The summed E-state index contributed by atoms with van der Waals surface area (Å²) in [4.78, 5) is 0. The highest BCUT2D eigenvalue weighted by Gasteiger charge is 2.05. The molecule has 2 N–H and O–H groups in total.